The van der Waals surface area contributed by atoms with Crippen LogP contribution < -0.4 is 5.32 Å². The van der Waals surface area contributed by atoms with Gasteiger partial charge >= 0.3 is 0 Å². The Kier molecular flexibility index (Phi) is 6.52. The van der Waals surface area contributed by atoms with Crippen LogP contribution in [0.4, 0.5) is 0 Å². The van der Waals surface area contributed by atoms with Crippen LogP contribution in [0.5, 0.6) is 0 Å². The zero-order valence-electron chi connectivity index (χ0n) is 22.0. The Hall–Kier alpha value is -4.27. The van der Waals surface area contributed by atoms with Crippen molar-refractivity contribution in [1.82, 2.24) is 34.9 Å². The molecule has 1 amide bonds. The van der Waals surface area contributed by atoms with Gasteiger partial charge in [-0.2, -0.15) is 4.52 Å². The molecule has 3 heterocycles. The van der Waals surface area contributed by atoms with Crippen LogP contribution in [0.25, 0.3) is 27.7 Å². The van der Waals surface area contributed by atoms with E-state index in [2.05, 4.69) is 31.9 Å². The summed E-state index contributed by atoms with van der Waals surface area (Å²) in [6.07, 6.45) is 3.51. The van der Waals surface area contributed by atoms with E-state index in [-0.39, 0.29) is 11.8 Å². The highest BCUT2D eigenvalue weighted by atomic mass is 35.5. The number of hydrogen-bond donors (Lipinski definition) is 1. The number of halogens is 2. The average molecular weight is 570 g/mol. The number of carbonyl (C=O) groups excluding carboxylic acids is 1. The summed E-state index contributed by atoms with van der Waals surface area (Å²) in [4.78, 5) is 17.9. The molecule has 0 fully saturated rings. The van der Waals surface area contributed by atoms with Crippen LogP contribution in [0.1, 0.15) is 30.7 Å². The number of imidazole rings is 1. The highest BCUT2D eigenvalue weighted by Gasteiger charge is 2.41. The largest absolute Gasteiger partial charge is 0.337 e. The fourth-order valence-electron chi connectivity index (χ4n) is 5.15. The van der Waals surface area contributed by atoms with Gasteiger partial charge in [-0.3, -0.25) is 4.79 Å². The predicted octanol–water partition coefficient (Wildman–Crippen LogP) is 6.05. The molecular weight excluding hydrogens is 545 g/mol. The third-order valence-electron chi connectivity index (χ3n) is 7.16. The second-order valence-electron chi connectivity index (χ2n) is 10.0. The third kappa shape index (κ3) is 4.29. The molecule has 10 heteroatoms. The molecule has 0 aliphatic carbocycles. The Morgan fingerprint density at radius 1 is 0.950 bits per heavy atom. The summed E-state index contributed by atoms with van der Waals surface area (Å²) < 4.78 is 3.62. The lowest BCUT2D eigenvalue weighted by atomic mass is 9.78. The molecule has 3 aromatic carbocycles. The normalized spacial score (nSPS) is 13.2. The fraction of sp³-hybridized carbons (Fsp3) is 0.167. The molecule has 6 rings (SSSR count). The number of carbonyl (C=O) groups is 1. The number of tetrazole rings is 1. The van der Waals surface area contributed by atoms with Gasteiger partial charge < -0.3 is 9.88 Å². The Bertz CT molecular complexity index is 1880. The van der Waals surface area contributed by atoms with Crippen molar-refractivity contribution in [2.24, 2.45) is 13.0 Å². The van der Waals surface area contributed by atoms with Gasteiger partial charge in [0.2, 0.25) is 5.91 Å². The zero-order valence-corrected chi connectivity index (χ0v) is 23.5. The van der Waals surface area contributed by atoms with Crippen LogP contribution in [-0.2, 0) is 17.4 Å². The Morgan fingerprint density at radius 3 is 2.42 bits per heavy atom. The lowest BCUT2D eigenvalue weighted by molar-refractivity contribution is -0.125. The van der Waals surface area contributed by atoms with E-state index in [1.165, 1.54) is 0 Å². The smallest absolute Gasteiger partial charge is 0.223 e. The lowest BCUT2D eigenvalue weighted by Gasteiger charge is -2.37. The molecule has 0 spiro atoms. The first-order valence-corrected chi connectivity index (χ1v) is 13.5. The summed E-state index contributed by atoms with van der Waals surface area (Å²) in [6, 6.07) is 23.2. The number of amides is 1. The first-order valence-electron chi connectivity index (χ1n) is 12.7. The minimum absolute atomic E-state index is 0.109. The molecule has 0 bridgehead atoms. The van der Waals surface area contributed by atoms with Gasteiger partial charge in [-0.25, -0.2) is 4.98 Å². The number of aromatic nitrogens is 6. The van der Waals surface area contributed by atoms with E-state index in [1.54, 1.807) is 17.0 Å². The number of fused-ring (bicyclic) bond motifs is 3. The number of rotatable bonds is 6. The Morgan fingerprint density at radius 2 is 1.73 bits per heavy atom. The van der Waals surface area contributed by atoms with Gasteiger partial charge in [-0.15, -0.1) is 5.10 Å². The summed E-state index contributed by atoms with van der Waals surface area (Å²) >= 11 is 12.7. The average Bonchev–Trinajstić information content (AvgIpc) is 3.60. The third-order valence-corrected chi connectivity index (χ3v) is 7.65. The Balaban J connectivity index is 1.72. The van der Waals surface area contributed by atoms with Crippen LogP contribution in [-0.4, -0.2) is 35.5 Å². The quantitative estimate of drug-likeness (QED) is 0.263. The number of hydrogen-bond acceptors (Lipinski definition) is 5. The highest BCUT2D eigenvalue weighted by Crippen LogP contribution is 2.40. The molecule has 3 aromatic heterocycles. The lowest BCUT2D eigenvalue weighted by Crippen LogP contribution is -2.50. The summed E-state index contributed by atoms with van der Waals surface area (Å²) in [7, 11) is 1.91. The second-order valence-corrected chi connectivity index (χ2v) is 10.9. The summed E-state index contributed by atoms with van der Waals surface area (Å²) in [5.74, 6) is -0.370. The van der Waals surface area contributed by atoms with Crippen molar-refractivity contribution in [2.45, 2.75) is 19.4 Å². The van der Waals surface area contributed by atoms with Gasteiger partial charge in [0.15, 0.2) is 5.65 Å². The first-order chi connectivity index (χ1) is 19.3. The number of nitrogens with zero attached hydrogens (tertiary/aromatic N) is 6. The molecule has 0 radical (unpaired) electrons. The molecule has 0 aliphatic rings. The van der Waals surface area contributed by atoms with E-state index >= 15 is 0 Å². The molecule has 6 aromatic rings. The van der Waals surface area contributed by atoms with Gasteiger partial charge in [0.05, 0.1) is 23.7 Å². The van der Waals surface area contributed by atoms with Gasteiger partial charge in [-0.1, -0.05) is 67.4 Å². The van der Waals surface area contributed by atoms with E-state index in [0.29, 0.717) is 15.7 Å². The van der Waals surface area contributed by atoms with Crippen LogP contribution in [0.15, 0.2) is 85.3 Å². The molecule has 40 heavy (non-hydrogen) atoms. The maximum atomic E-state index is 13.5. The van der Waals surface area contributed by atoms with Gasteiger partial charge in [0, 0.05) is 28.4 Å². The van der Waals surface area contributed by atoms with Gasteiger partial charge in [-0.05, 0) is 75.1 Å². The standard InChI is InChI=1S/C30H25Cl2N7O/c1-18(2)29(40)34-30(27-16-33-17-38(27)3,20-7-10-22(31)11-8-20)21-9-12-26-25(14-21)24(15-28-35-36-37-39(26)28)19-5-4-6-23(32)13-19/h4-18H,1-3H3,(H,34,40). The van der Waals surface area contributed by atoms with Gasteiger partial charge in [0.25, 0.3) is 0 Å². The molecule has 1 unspecified atom stereocenters. The van der Waals surface area contributed by atoms with E-state index < -0.39 is 5.54 Å². The van der Waals surface area contributed by atoms with Crippen LogP contribution >= 0.6 is 23.2 Å². The number of benzene rings is 3. The van der Waals surface area contributed by atoms with E-state index in [4.69, 9.17) is 23.2 Å². The van der Waals surface area contributed by atoms with Crippen molar-refractivity contribution in [2.75, 3.05) is 0 Å². The van der Waals surface area contributed by atoms with Crippen LogP contribution in [0, 0.1) is 5.92 Å². The number of pyridine rings is 1. The molecule has 0 saturated heterocycles. The van der Waals surface area contributed by atoms with Crippen molar-refractivity contribution >= 4 is 45.7 Å². The molecule has 8 nitrogen and oxygen atoms in total. The van der Waals surface area contributed by atoms with Crippen molar-refractivity contribution < 1.29 is 4.79 Å². The van der Waals surface area contributed by atoms with E-state index in [1.807, 2.05) is 92.2 Å². The van der Waals surface area contributed by atoms with Crippen molar-refractivity contribution in [3.8, 4) is 11.1 Å². The number of aryl methyl sites for hydroxylation is 1. The Labute approximate surface area is 240 Å². The highest BCUT2D eigenvalue weighted by molar-refractivity contribution is 6.31. The molecule has 200 valence electrons. The van der Waals surface area contributed by atoms with Gasteiger partial charge in [0.1, 0.15) is 5.54 Å². The minimum Gasteiger partial charge on any atom is -0.337 e. The molecule has 0 aliphatic heterocycles. The second kappa shape index (κ2) is 10.0. The van der Waals surface area contributed by atoms with Crippen LogP contribution in [0.3, 0.4) is 0 Å². The summed E-state index contributed by atoms with van der Waals surface area (Å²) in [5, 5.41) is 17.8. The fourth-order valence-corrected chi connectivity index (χ4v) is 5.46. The van der Waals surface area contributed by atoms with Crippen molar-refractivity contribution in [3.63, 3.8) is 0 Å². The molecule has 1 atom stereocenters. The zero-order chi connectivity index (χ0) is 28.0. The summed E-state index contributed by atoms with van der Waals surface area (Å²) in [6.45, 7) is 3.74. The predicted molar refractivity (Wildman–Crippen MR) is 156 cm³/mol. The molecule has 1 N–H and O–H groups in total. The number of nitrogens with one attached hydrogen (secondary N) is 1. The van der Waals surface area contributed by atoms with Crippen molar-refractivity contribution in [1.29, 1.82) is 0 Å². The molecular formula is C30H25Cl2N7O. The molecule has 0 saturated carbocycles. The van der Waals surface area contributed by atoms with Crippen LogP contribution in [0.2, 0.25) is 10.0 Å². The monoisotopic (exact) mass is 569 g/mol. The van der Waals surface area contributed by atoms with E-state index in [0.717, 1.165) is 38.9 Å². The van der Waals surface area contributed by atoms with Crippen molar-refractivity contribution in [3.05, 3.63) is 112 Å². The topological polar surface area (TPSA) is 90.0 Å². The SMILES string of the molecule is CC(C)C(=O)NC(c1ccc(Cl)cc1)(c1ccc2c(c1)c(-c1cccc(Cl)c1)cc1nnnn12)c1cncn1C. The minimum atomic E-state index is -1.09. The first kappa shape index (κ1) is 26.0. The summed E-state index contributed by atoms with van der Waals surface area (Å²) in [5.41, 5.74) is 4.61. The maximum Gasteiger partial charge on any atom is 0.223 e. The van der Waals surface area contributed by atoms with E-state index in [9.17, 15) is 4.79 Å². The maximum absolute atomic E-state index is 13.5.